The molecule has 2 aliphatic rings. The summed E-state index contributed by atoms with van der Waals surface area (Å²) in [6.07, 6.45) is 2.60. The summed E-state index contributed by atoms with van der Waals surface area (Å²) in [5.41, 5.74) is -1.14. The molecule has 0 bridgehead atoms. The van der Waals surface area contributed by atoms with E-state index in [0.29, 0.717) is 25.2 Å². The van der Waals surface area contributed by atoms with E-state index >= 15 is 0 Å². The van der Waals surface area contributed by atoms with Crippen molar-refractivity contribution in [1.29, 1.82) is 0 Å². The normalized spacial score (nSPS) is 39.5. The van der Waals surface area contributed by atoms with Crippen LogP contribution in [0.1, 0.15) is 46.5 Å². The maximum Gasteiger partial charge on any atom is 0.307 e. The van der Waals surface area contributed by atoms with Gasteiger partial charge in [-0.15, -0.1) is 0 Å². The summed E-state index contributed by atoms with van der Waals surface area (Å²) in [6, 6.07) is 0. The molecule has 15 heavy (non-hydrogen) atoms. The van der Waals surface area contributed by atoms with Crippen molar-refractivity contribution >= 4 is 11.8 Å². The second-order valence-corrected chi connectivity index (χ2v) is 5.63. The third-order valence-electron chi connectivity index (χ3n) is 3.94. The standard InChI is InChI=1S/C12H18O3/c1-8-4-5-12(9(13)6-8)11(2,3)7-10(14)15-12/h8H,4-7H2,1-3H3/t8-,12+/m1/s1. The number of esters is 1. The van der Waals surface area contributed by atoms with E-state index in [4.69, 9.17) is 4.74 Å². The van der Waals surface area contributed by atoms with E-state index in [2.05, 4.69) is 6.92 Å². The molecule has 0 aromatic heterocycles. The van der Waals surface area contributed by atoms with Crippen LogP contribution < -0.4 is 0 Å². The molecule has 0 amide bonds. The summed E-state index contributed by atoms with van der Waals surface area (Å²) >= 11 is 0. The fourth-order valence-corrected chi connectivity index (χ4v) is 2.87. The van der Waals surface area contributed by atoms with Gasteiger partial charge in [0.1, 0.15) is 0 Å². The smallest absolute Gasteiger partial charge is 0.307 e. The van der Waals surface area contributed by atoms with Crippen LogP contribution in [0.5, 0.6) is 0 Å². The first-order valence-corrected chi connectivity index (χ1v) is 5.62. The van der Waals surface area contributed by atoms with Crippen LogP contribution in [0.3, 0.4) is 0 Å². The molecule has 2 atom stereocenters. The topological polar surface area (TPSA) is 43.4 Å². The molecule has 0 aromatic carbocycles. The molecule has 2 rings (SSSR count). The lowest BCUT2D eigenvalue weighted by atomic mass is 9.65. The van der Waals surface area contributed by atoms with Gasteiger partial charge in [-0.2, -0.15) is 0 Å². The third kappa shape index (κ3) is 1.40. The van der Waals surface area contributed by atoms with Gasteiger partial charge in [0.2, 0.25) is 0 Å². The molecular weight excluding hydrogens is 192 g/mol. The Bertz CT molecular complexity index is 319. The summed E-state index contributed by atoms with van der Waals surface area (Å²) in [6.45, 7) is 6.01. The second kappa shape index (κ2) is 3.06. The first-order valence-electron chi connectivity index (χ1n) is 5.62. The zero-order valence-corrected chi connectivity index (χ0v) is 9.63. The number of ether oxygens (including phenoxy) is 1. The van der Waals surface area contributed by atoms with Crippen molar-refractivity contribution in [2.24, 2.45) is 11.3 Å². The Morgan fingerprint density at radius 3 is 2.47 bits per heavy atom. The molecule has 1 spiro atoms. The maximum atomic E-state index is 12.1. The number of carbonyl (C=O) groups excluding carboxylic acids is 2. The van der Waals surface area contributed by atoms with Crippen LogP contribution in [-0.2, 0) is 14.3 Å². The van der Waals surface area contributed by atoms with E-state index in [9.17, 15) is 9.59 Å². The molecule has 1 aliphatic carbocycles. The number of hydrogen-bond acceptors (Lipinski definition) is 3. The Labute approximate surface area is 90.2 Å². The molecular formula is C12H18O3. The highest BCUT2D eigenvalue weighted by Crippen LogP contribution is 2.50. The van der Waals surface area contributed by atoms with Gasteiger partial charge in [0.15, 0.2) is 11.4 Å². The molecule has 2 fully saturated rings. The predicted molar refractivity (Wildman–Crippen MR) is 55.2 cm³/mol. The molecule has 3 nitrogen and oxygen atoms in total. The number of hydrogen-bond donors (Lipinski definition) is 0. The lowest BCUT2D eigenvalue weighted by Crippen LogP contribution is -2.52. The highest BCUT2D eigenvalue weighted by atomic mass is 16.6. The van der Waals surface area contributed by atoms with Crippen LogP contribution in [0, 0.1) is 11.3 Å². The van der Waals surface area contributed by atoms with E-state index in [0.717, 1.165) is 6.42 Å². The largest absolute Gasteiger partial charge is 0.450 e. The van der Waals surface area contributed by atoms with Crippen molar-refractivity contribution in [2.75, 3.05) is 0 Å². The van der Waals surface area contributed by atoms with Crippen molar-refractivity contribution in [1.82, 2.24) is 0 Å². The van der Waals surface area contributed by atoms with Gasteiger partial charge in [0, 0.05) is 11.8 Å². The van der Waals surface area contributed by atoms with Gasteiger partial charge < -0.3 is 4.74 Å². The monoisotopic (exact) mass is 210 g/mol. The zero-order chi connectivity index (χ0) is 11.3. The zero-order valence-electron chi connectivity index (χ0n) is 9.63. The van der Waals surface area contributed by atoms with Gasteiger partial charge in [-0.1, -0.05) is 20.8 Å². The number of carbonyl (C=O) groups is 2. The highest BCUT2D eigenvalue weighted by molar-refractivity contribution is 5.94. The predicted octanol–water partition coefficient (Wildman–Crippen LogP) is 2.09. The fourth-order valence-electron chi connectivity index (χ4n) is 2.87. The summed E-state index contributed by atoms with van der Waals surface area (Å²) in [4.78, 5) is 23.5. The number of ketones is 1. The van der Waals surface area contributed by atoms with Crippen LogP contribution in [-0.4, -0.2) is 17.4 Å². The fraction of sp³-hybridized carbons (Fsp3) is 0.833. The molecule has 1 saturated heterocycles. The van der Waals surface area contributed by atoms with Crippen molar-refractivity contribution in [3.8, 4) is 0 Å². The average Bonchev–Trinajstić information content (AvgIpc) is 2.30. The second-order valence-electron chi connectivity index (χ2n) is 5.63. The highest BCUT2D eigenvalue weighted by Gasteiger charge is 2.60. The SMILES string of the molecule is C[C@@H]1CC[C@]2(OC(=O)CC2(C)C)C(=O)C1. The lowest BCUT2D eigenvalue weighted by Gasteiger charge is -2.41. The van der Waals surface area contributed by atoms with Crippen molar-refractivity contribution < 1.29 is 14.3 Å². The summed E-state index contributed by atoms with van der Waals surface area (Å²) in [5.74, 6) is 0.332. The number of Topliss-reactive ketones (excluding diaryl/α,β-unsaturated/α-hetero) is 1. The molecule has 1 saturated carbocycles. The van der Waals surface area contributed by atoms with Gasteiger partial charge in [0.25, 0.3) is 0 Å². The van der Waals surface area contributed by atoms with Gasteiger partial charge in [-0.3, -0.25) is 9.59 Å². The Kier molecular flexibility index (Phi) is 2.18. The Morgan fingerprint density at radius 2 is 2.00 bits per heavy atom. The molecule has 0 aromatic rings. The molecule has 3 heteroatoms. The van der Waals surface area contributed by atoms with E-state index < -0.39 is 5.60 Å². The Balaban J connectivity index is 2.33. The Morgan fingerprint density at radius 1 is 1.33 bits per heavy atom. The third-order valence-corrected chi connectivity index (χ3v) is 3.94. The van der Waals surface area contributed by atoms with Gasteiger partial charge in [0.05, 0.1) is 6.42 Å². The average molecular weight is 210 g/mol. The van der Waals surface area contributed by atoms with Gasteiger partial charge in [-0.25, -0.2) is 0 Å². The van der Waals surface area contributed by atoms with Crippen molar-refractivity contribution in [3.63, 3.8) is 0 Å². The van der Waals surface area contributed by atoms with Crippen LogP contribution in [0.4, 0.5) is 0 Å². The molecule has 0 radical (unpaired) electrons. The van der Waals surface area contributed by atoms with Crippen LogP contribution >= 0.6 is 0 Å². The van der Waals surface area contributed by atoms with Crippen molar-refractivity contribution in [3.05, 3.63) is 0 Å². The molecule has 1 heterocycles. The summed E-state index contributed by atoms with van der Waals surface area (Å²) < 4.78 is 5.38. The summed E-state index contributed by atoms with van der Waals surface area (Å²) in [5, 5.41) is 0. The molecule has 1 aliphatic heterocycles. The minimum Gasteiger partial charge on any atom is -0.450 e. The van der Waals surface area contributed by atoms with Crippen molar-refractivity contribution in [2.45, 2.75) is 52.1 Å². The molecule has 84 valence electrons. The molecule has 0 N–H and O–H groups in total. The number of rotatable bonds is 0. The lowest BCUT2D eigenvalue weighted by molar-refractivity contribution is -0.167. The van der Waals surface area contributed by atoms with E-state index in [1.165, 1.54) is 0 Å². The van der Waals surface area contributed by atoms with Crippen LogP contribution in [0.25, 0.3) is 0 Å². The Hall–Kier alpha value is -0.860. The van der Waals surface area contributed by atoms with Crippen LogP contribution in [0.2, 0.25) is 0 Å². The van der Waals surface area contributed by atoms with E-state index in [1.807, 2.05) is 13.8 Å². The first-order chi connectivity index (χ1) is 6.87. The maximum absolute atomic E-state index is 12.1. The minimum absolute atomic E-state index is 0.122. The first kappa shape index (κ1) is 10.7. The van der Waals surface area contributed by atoms with Crippen LogP contribution in [0.15, 0.2) is 0 Å². The van der Waals surface area contributed by atoms with E-state index in [1.54, 1.807) is 0 Å². The quantitative estimate of drug-likeness (QED) is 0.575. The summed E-state index contributed by atoms with van der Waals surface area (Å²) in [7, 11) is 0. The minimum atomic E-state index is -0.809. The van der Waals surface area contributed by atoms with Gasteiger partial charge in [-0.05, 0) is 18.8 Å². The van der Waals surface area contributed by atoms with Gasteiger partial charge >= 0.3 is 5.97 Å². The molecule has 0 unspecified atom stereocenters. The van der Waals surface area contributed by atoms with E-state index in [-0.39, 0.29) is 17.2 Å².